The zero-order valence-electron chi connectivity index (χ0n) is 13.3. The third-order valence-electron chi connectivity index (χ3n) is 3.11. The molecule has 2 N–H and O–H groups in total. The Morgan fingerprint density at radius 2 is 2.04 bits per heavy atom. The topological polar surface area (TPSA) is 76.4 Å². The van der Waals surface area contributed by atoms with Crippen molar-refractivity contribution in [2.24, 2.45) is 0 Å². The van der Waals surface area contributed by atoms with Crippen LogP contribution in [0.1, 0.15) is 0 Å². The molecule has 2 rings (SSSR count). The Hall–Kier alpha value is -2.03. The molecule has 0 radical (unpaired) electrons. The van der Waals surface area contributed by atoms with Crippen LogP contribution in [0.2, 0.25) is 5.02 Å². The number of anilines is 1. The predicted molar refractivity (Wildman–Crippen MR) is 106 cm³/mol. The molecule has 0 unspecified atom stereocenters. The van der Waals surface area contributed by atoms with Gasteiger partial charge < -0.3 is 15.4 Å². The van der Waals surface area contributed by atoms with E-state index in [0.717, 1.165) is 10.6 Å². The summed E-state index contributed by atoms with van der Waals surface area (Å²) < 4.78 is 5.19. The lowest BCUT2D eigenvalue weighted by Gasteiger charge is -2.13. The maximum absolute atomic E-state index is 10.9. The number of hydrogen-bond donors (Lipinski definition) is 2. The Bertz CT molecular complexity index is 757. The van der Waals surface area contributed by atoms with Crippen LogP contribution in [-0.4, -0.2) is 29.4 Å². The van der Waals surface area contributed by atoms with E-state index in [2.05, 4.69) is 10.6 Å². The first-order valence-corrected chi connectivity index (χ1v) is 9.02. The summed E-state index contributed by atoms with van der Waals surface area (Å²) >= 11 is 12.7. The first-order valence-electron chi connectivity index (χ1n) is 7.25. The second kappa shape index (κ2) is 9.45. The van der Waals surface area contributed by atoms with Crippen LogP contribution in [0.5, 0.6) is 5.75 Å². The number of rotatable bonds is 7. The number of thioether (sulfide) groups is 1. The Morgan fingerprint density at radius 3 is 2.68 bits per heavy atom. The molecule has 0 amide bonds. The highest BCUT2D eigenvalue weighted by Gasteiger charge is 2.12. The highest BCUT2D eigenvalue weighted by molar-refractivity contribution is 7.99. The molecule has 6 nitrogen and oxygen atoms in total. The van der Waals surface area contributed by atoms with Crippen molar-refractivity contribution in [1.29, 1.82) is 0 Å². The quantitative estimate of drug-likeness (QED) is 0.236. The molecule has 0 saturated heterocycles. The second-order valence-electron chi connectivity index (χ2n) is 4.82. The van der Waals surface area contributed by atoms with Crippen LogP contribution in [0.15, 0.2) is 47.4 Å². The van der Waals surface area contributed by atoms with Crippen LogP contribution in [0, 0.1) is 10.1 Å². The van der Waals surface area contributed by atoms with Gasteiger partial charge in [0.1, 0.15) is 5.75 Å². The zero-order valence-corrected chi connectivity index (χ0v) is 15.7. The van der Waals surface area contributed by atoms with Crippen molar-refractivity contribution in [3.8, 4) is 5.75 Å². The molecule has 0 aliphatic carbocycles. The Kier molecular flexibility index (Phi) is 7.30. The summed E-state index contributed by atoms with van der Waals surface area (Å²) in [4.78, 5) is 11.5. The number of non-ortho nitro benzene ring substituents is 1. The fourth-order valence-electron chi connectivity index (χ4n) is 1.94. The number of nitro groups is 1. The summed E-state index contributed by atoms with van der Waals surface area (Å²) in [5, 5.41) is 17.9. The van der Waals surface area contributed by atoms with E-state index < -0.39 is 4.92 Å². The van der Waals surface area contributed by atoms with Crippen LogP contribution in [0.3, 0.4) is 0 Å². The molecule has 0 heterocycles. The lowest BCUT2D eigenvalue weighted by atomic mass is 10.2. The number of hydrogen-bond acceptors (Lipinski definition) is 5. The fourth-order valence-corrected chi connectivity index (χ4v) is 3.04. The van der Waals surface area contributed by atoms with Gasteiger partial charge in [0.15, 0.2) is 5.11 Å². The number of ether oxygens (including phenoxy) is 1. The van der Waals surface area contributed by atoms with Gasteiger partial charge in [0.2, 0.25) is 0 Å². The fraction of sp³-hybridized carbons (Fsp3) is 0.188. The van der Waals surface area contributed by atoms with Gasteiger partial charge in [-0.3, -0.25) is 10.1 Å². The number of nitrogens with zero attached hydrogens (tertiary/aromatic N) is 1. The molecule has 0 fully saturated rings. The summed E-state index contributed by atoms with van der Waals surface area (Å²) in [5.74, 6) is 1.28. The van der Waals surface area contributed by atoms with Crippen molar-refractivity contribution < 1.29 is 9.66 Å². The smallest absolute Gasteiger partial charge is 0.271 e. The molecular formula is C16H16ClN3O3S2. The summed E-state index contributed by atoms with van der Waals surface area (Å²) in [7, 11) is 1.49. The first-order chi connectivity index (χ1) is 12.0. The highest BCUT2D eigenvalue weighted by atomic mass is 35.5. The van der Waals surface area contributed by atoms with E-state index in [1.807, 2.05) is 24.3 Å². The van der Waals surface area contributed by atoms with Crippen LogP contribution in [0.25, 0.3) is 0 Å². The number of benzene rings is 2. The lowest BCUT2D eigenvalue weighted by molar-refractivity contribution is -0.384. The molecule has 25 heavy (non-hydrogen) atoms. The van der Waals surface area contributed by atoms with Gasteiger partial charge in [-0.15, -0.1) is 11.8 Å². The first kappa shape index (κ1) is 19.3. The largest absolute Gasteiger partial charge is 0.495 e. The number of thiocarbonyl (C=S) groups is 1. The van der Waals surface area contributed by atoms with E-state index in [1.54, 1.807) is 11.8 Å². The van der Waals surface area contributed by atoms with Gasteiger partial charge in [0.25, 0.3) is 5.69 Å². The SMILES string of the molecule is COc1ccc([N+](=O)[O-])cc1NC(=S)NCCSc1ccc(Cl)cc1. The van der Waals surface area contributed by atoms with Crippen LogP contribution < -0.4 is 15.4 Å². The number of nitrogens with one attached hydrogen (secondary N) is 2. The van der Waals surface area contributed by atoms with Crippen LogP contribution >= 0.6 is 35.6 Å². The van der Waals surface area contributed by atoms with Gasteiger partial charge in [-0.1, -0.05) is 11.6 Å². The van der Waals surface area contributed by atoms with Gasteiger partial charge in [-0.25, -0.2) is 0 Å². The molecule has 0 atom stereocenters. The maximum Gasteiger partial charge on any atom is 0.271 e. The van der Waals surface area contributed by atoms with E-state index >= 15 is 0 Å². The minimum atomic E-state index is -0.468. The number of methoxy groups -OCH3 is 1. The van der Waals surface area contributed by atoms with E-state index in [0.29, 0.717) is 28.1 Å². The summed E-state index contributed by atoms with van der Waals surface area (Å²) in [6.07, 6.45) is 0. The molecule has 9 heteroatoms. The van der Waals surface area contributed by atoms with Crippen molar-refractivity contribution in [2.75, 3.05) is 24.7 Å². The van der Waals surface area contributed by atoms with E-state index in [1.165, 1.54) is 25.3 Å². The predicted octanol–water partition coefficient (Wildman–Crippen LogP) is 4.34. The molecule has 2 aromatic carbocycles. The van der Waals surface area contributed by atoms with Crippen molar-refractivity contribution in [3.05, 3.63) is 57.6 Å². The molecule has 2 aromatic rings. The van der Waals surface area contributed by atoms with Gasteiger partial charge in [-0.2, -0.15) is 0 Å². The molecule has 0 bridgehead atoms. The molecule has 0 aromatic heterocycles. The van der Waals surface area contributed by atoms with Crippen LogP contribution in [0.4, 0.5) is 11.4 Å². The average molecular weight is 398 g/mol. The van der Waals surface area contributed by atoms with Crippen molar-refractivity contribution in [1.82, 2.24) is 5.32 Å². The minimum Gasteiger partial charge on any atom is -0.495 e. The van der Waals surface area contributed by atoms with Crippen molar-refractivity contribution in [3.63, 3.8) is 0 Å². The third-order valence-corrected chi connectivity index (χ3v) is 4.62. The summed E-state index contributed by atoms with van der Waals surface area (Å²) in [6, 6.07) is 11.9. The molecule has 0 saturated carbocycles. The highest BCUT2D eigenvalue weighted by Crippen LogP contribution is 2.28. The lowest BCUT2D eigenvalue weighted by Crippen LogP contribution is -2.30. The monoisotopic (exact) mass is 397 g/mol. The molecule has 0 spiro atoms. The Morgan fingerprint density at radius 1 is 1.32 bits per heavy atom. The molecule has 132 valence electrons. The second-order valence-corrected chi connectivity index (χ2v) is 6.84. The van der Waals surface area contributed by atoms with E-state index in [9.17, 15) is 10.1 Å². The van der Waals surface area contributed by atoms with Gasteiger partial charge in [0, 0.05) is 34.3 Å². The van der Waals surface area contributed by atoms with Crippen LogP contribution in [-0.2, 0) is 0 Å². The maximum atomic E-state index is 10.9. The Labute approximate surface area is 160 Å². The third kappa shape index (κ3) is 6.08. The van der Waals surface area contributed by atoms with Gasteiger partial charge in [-0.05, 0) is 42.5 Å². The average Bonchev–Trinajstić information content (AvgIpc) is 2.60. The van der Waals surface area contributed by atoms with Gasteiger partial charge >= 0.3 is 0 Å². The van der Waals surface area contributed by atoms with Crippen molar-refractivity contribution in [2.45, 2.75) is 4.90 Å². The van der Waals surface area contributed by atoms with E-state index in [4.69, 9.17) is 28.6 Å². The number of nitro benzene ring substituents is 1. The normalized spacial score (nSPS) is 10.2. The minimum absolute atomic E-state index is 0.0376. The standard InChI is InChI=1S/C16H16ClN3O3S2/c1-23-15-7-4-12(20(21)22)10-14(15)19-16(24)18-8-9-25-13-5-2-11(17)3-6-13/h2-7,10H,8-9H2,1H3,(H2,18,19,24). The summed E-state index contributed by atoms with van der Waals surface area (Å²) in [6.45, 7) is 0.635. The van der Waals surface area contributed by atoms with E-state index in [-0.39, 0.29) is 5.69 Å². The zero-order chi connectivity index (χ0) is 18.2. The molecule has 0 aliphatic heterocycles. The summed E-state index contributed by atoms with van der Waals surface area (Å²) in [5.41, 5.74) is 0.406. The molecule has 0 aliphatic rings. The molecular weight excluding hydrogens is 382 g/mol. The number of halogens is 1. The van der Waals surface area contributed by atoms with Crippen molar-refractivity contribution >= 4 is 52.1 Å². The van der Waals surface area contributed by atoms with Gasteiger partial charge in [0.05, 0.1) is 17.7 Å². The Balaban J connectivity index is 1.84.